The molecule has 0 bridgehead atoms. The van der Waals surface area contributed by atoms with Gasteiger partial charge in [-0.25, -0.2) is 0 Å². The lowest BCUT2D eigenvalue weighted by atomic mass is 10.1. The third-order valence-corrected chi connectivity index (χ3v) is 2.85. The molecule has 0 saturated carbocycles. The van der Waals surface area contributed by atoms with Crippen LogP contribution in [0.2, 0.25) is 0 Å². The minimum absolute atomic E-state index is 0.0696. The molecule has 0 spiro atoms. The molecule has 1 heterocycles. The highest BCUT2D eigenvalue weighted by atomic mass is 79.9. The minimum Gasteiger partial charge on any atom is -0.321 e. The molecule has 3 nitrogen and oxygen atoms in total. The van der Waals surface area contributed by atoms with Crippen LogP contribution in [-0.4, -0.2) is 10.9 Å². The van der Waals surface area contributed by atoms with E-state index in [9.17, 15) is 18.0 Å². The molecule has 104 valence electrons. The first-order chi connectivity index (χ1) is 9.36. The Morgan fingerprint density at radius 2 is 1.95 bits per heavy atom. The van der Waals surface area contributed by atoms with Crippen molar-refractivity contribution in [3.05, 3.63) is 58.3 Å². The number of anilines is 1. The second kappa shape index (κ2) is 5.62. The summed E-state index contributed by atoms with van der Waals surface area (Å²) in [5.74, 6) is -0.629. The number of carbonyl (C=O) groups excluding carboxylic acids is 1. The maximum Gasteiger partial charge on any atom is 0.416 e. The van der Waals surface area contributed by atoms with Gasteiger partial charge in [-0.05, 0) is 40.2 Å². The average Bonchev–Trinajstić information content (AvgIpc) is 2.38. The second-order valence-corrected chi connectivity index (χ2v) is 4.84. The fourth-order valence-electron chi connectivity index (χ4n) is 1.52. The molecule has 2 aromatic rings. The molecule has 1 N–H and O–H groups in total. The first-order valence-electron chi connectivity index (χ1n) is 5.45. The van der Waals surface area contributed by atoms with E-state index >= 15 is 0 Å². The molecule has 0 aliphatic heterocycles. The van der Waals surface area contributed by atoms with Crippen LogP contribution in [-0.2, 0) is 6.18 Å². The van der Waals surface area contributed by atoms with Crippen molar-refractivity contribution in [2.45, 2.75) is 6.18 Å². The Bertz CT molecular complexity index is 644. The predicted octanol–water partition coefficient (Wildman–Crippen LogP) is 4.12. The van der Waals surface area contributed by atoms with Gasteiger partial charge >= 0.3 is 6.18 Å². The summed E-state index contributed by atoms with van der Waals surface area (Å²) in [6, 6.07) is 5.82. The smallest absolute Gasteiger partial charge is 0.321 e. The van der Waals surface area contributed by atoms with Crippen LogP contribution in [0.15, 0.2) is 47.2 Å². The van der Waals surface area contributed by atoms with Crippen LogP contribution in [0.4, 0.5) is 18.9 Å². The Labute approximate surface area is 121 Å². The van der Waals surface area contributed by atoms with Crippen LogP contribution >= 0.6 is 15.9 Å². The molecule has 20 heavy (non-hydrogen) atoms. The zero-order valence-electron chi connectivity index (χ0n) is 9.91. The lowest BCUT2D eigenvalue weighted by molar-refractivity contribution is -0.137. The number of benzene rings is 1. The maximum atomic E-state index is 12.6. The molecular weight excluding hydrogens is 337 g/mol. The van der Waals surface area contributed by atoms with Gasteiger partial charge in [0.1, 0.15) is 0 Å². The Balaban J connectivity index is 2.22. The molecule has 0 fully saturated rings. The van der Waals surface area contributed by atoms with E-state index in [4.69, 9.17) is 0 Å². The first kappa shape index (κ1) is 14.5. The van der Waals surface area contributed by atoms with Crippen LogP contribution in [0.25, 0.3) is 0 Å². The average molecular weight is 345 g/mol. The Morgan fingerprint density at radius 1 is 1.20 bits per heavy atom. The zero-order valence-corrected chi connectivity index (χ0v) is 11.5. The van der Waals surface area contributed by atoms with Crippen molar-refractivity contribution >= 4 is 27.5 Å². The molecule has 0 atom stereocenters. The van der Waals surface area contributed by atoms with Crippen molar-refractivity contribution in [3.63, 3.8) is 0 Å². The molecule has 0 aliphatic rings. The predicted molar refractivity (Wildman–Crippen MR) is 71.3 cm³/mol. The van der Waals surface area contributed by atoms with Crippen molar-refractivity contribution in [1.82, 2.24) is 4.98 Å². The Kier molecular flexibility index (Phi) is 4.08. The van der Waals surface area contributed by atoms with Crippen molar-refractivity contribution in [3.8, 4) is 0 Å². The van der Waals surface area contributed by atoms with Gasteiger partial charge in [-0.3, -0.25) is 9.78 Å². The quantitative estimate of drug-likeness (QED) is 0.890. The third-order valence-electron chi connectivity index (χ3n) is 2.41. The van der Waals surface area contributed by atoms with Crippen molar-refractivity contribution in [1.29, 1.82) is 0 Å². The topological polar surface area (TPSA) is 42.0 Å². The van der Waals surface area contributed by atoms with Gasteiger partial charge < -0.3 is 5.32 Å². The number of nitrogens with one attached hydrogen (secondary N) is 1. The summed E-state index contributed by atoms with van der Waals surface area (Å²) in [5.41, 5.74) is -0.542. The lowest BCUT2D eigenvalue weighted by Crippen LogP contribution is -2.14. The number of carbonyl (C=O) groups is 1. The second-order valence-electron chi connectivity index (χ2n) is 3.92. The number of amides is 1. The fraction of sp³-hybridized carbons (Fsp3) is 0.0769. The number of aromatic nitrogens is 1. The number of alkyl halides is 3. The summed E-state index contributed by atoms with van der Waals surface area (Å²) in [6.07, 6.45) is -1.55. The number of halogens is 4. The normalized spacial score (nSPS) is 11.2. The molecular formula is C13H8BrF3N2O. The van der Waals surface area contributed by atoms with E-state index in [0.717, 1.165) is 12.1 Å². The zero-order chi connectivity index (χ0) is 14.8. The van der Waals surface area contributed by atoms with E-state index < -0.39 is 17.6 Å². The van der Waals surface area contributed by atoms with E-state index in [-0.39, 0.29) is 5.56 Å². The molecule has 1 aromatic carbocycles. The monoisotopic (exact) mass is 344 g/mol. The number of hydrogen-bond acceptors (Lipinski definition) is 2. The van der Waals surface area contributed by atoms with Crippen molar-refractivity contribution in [2.75, 3.05) is 5.32 Å². The van der Waals surface area contributed by atoms with Crippen LogP contribution in [0.3, 0.4) is 0 Å². The van der Waals surface area contributed by atoms with Crippen LogP contribution in [0.1, 0.15) is 15.9 Å². The molecule has 0 radical (unpaired) electrons. The summed E-state index contributed by atoms with van der Waals surface area (Å²) in [6.45, 7) is 0. The van der Waals surface area contributed by atoms with E-state index in [2.05, 4.69) is 26.2 Å². The van der Waals surface area contributed by atoms with Gasteiger partial charge in [-0.2, -0.15) is 13.2 Å². The Morgan fingerprint density at radius 3 is 2.60 bits per heavy atom. The van der Waals surface area contributed by atoms with E-state index in [1.165, 1.54) is 24.5 Å². The van der Waals surface area contributed by atoms with Gasteiger partial charge in [-0.15, -0.1) is 0 Å². The SMILES string of the molecule is O=C(Nc1cncc(Br)c1)c1cccc(C(F)(F)F)c1. The van der Waals surface area contributed by atoms with Gasteiger partial charge in [-0.1, -0.05) is 6.07 Å². The van der Waals surface area contributed by atoms with E-state index in [1.54, 1.807) is 6.07 Å². The van der Waals surface area contributed by atoms with Crippen LogP contribution in [0, 0.1) is 0 Å². The molecule has 0 unspecified atom stereocenters. The summed E-state index contributed by atoms with van der Waals surface area (Å²) < 4.78 is 38.3. The summed E-state index contributed by atoms with van der Waals surface area (Å²) >= 11 is 3.18. The maximum absolute atomic E-state index is 12.6. The first-order valence-corrected chi connectivity index (χ1v) is 6.25. The Hall–Kier alpha value is -1.89. The molecule has 1 aromatic heterocycles. The number of nitrogens with zero attached hydrogens (tertiary/aromatic N) is 1. The van der Waals surface area contributed by atoms with Gasteiger partial charge in [0.2, 0.25) is 0 Å². The fourth-order valence-corrected chi connectivity index (χ4v) is 1.89. The number of rotatable bonds is 2. The largest absolute Gasteiger partial charge is 0.416 e. The molecule has 1 amide bonds. The molecule has 2 rings (SSSR count). The number of hydrogen-bond donors (Lipinski definition) is 1. The third kappa shape index (κ3) is 3.57. The number of pyridine rings is 1. The van der Waals surface area contributed by atoms with Crippen molar-refractivity contribution in [2.24, 2.45) is 0 Å². The summed E-state index contributed by atoms with van der Waals surface area (Å²) in [5, 5.41) is 2.48. The van der Waals surface area contributed by atoms with Gasteiger partial charge in [0.25, 0.3) is 5.91 Å². The highest BCUT2D eigenvalue weighted by molar-refractivity contribution is 9.10. The van der Waals surface area contributed by atoms with E-state index in [0.29, 0.717) is 10.2 Å². The summed E-state index contributed by atoms with van der Waals surface area (Å²) in [4.78, 5) is 15.7. The van der Waals surface area contributed by atoms with Gasteiger partial charge in [0.15, 0.2) is 0 Å². The van der Waals surface area contributed by atoms with E-state index in [1.807, 2.05) is 0 Å². The standard InChI is InChI=1S/C13H8BrF3N2O/c14-10-5-11(7-18-6-10)19-12(20)8-2-1-3-9(4-8)13(15,16)17/h1-7H,(H,19,20). The van der Waals surface area contributed by atoms with Crippen LogP contribution in [0.5, 0.6) is 0 Å². The minimum atomic E-state index is -4.48. The van der Waals surface area contributed by atoms with Gasteiger partial charge in [0, 0.05) is 16.2 Å². The van der Waals surface area contributed by atoms with Crippen molar-refractivity contribution < 1.29 is 18.0 Å². The molecule has 0 aliphatic carbocycles. The highest BCUT2D eigenvalue weighted by Crippen LogP contribution is 2.29. The van der Waals surface area contributed by atoms with Crippen LogP contribution < -0.4 is 5.32 Å². The van der Waals surface area contributed by atoms with Gasteiger partial charge in [0.05, 0.1) is 17.4 Å². The summed E-state index contributed by atoms with van der Waals surface area (Å²) in [7, 11) is 0. The molecule has 0 saturated heterocycles. The molecule has 7 heteroatoms. The highest BCUT2D eigenvalue weighted by Gasteiger charge is 2.30. The lowest BCUT2D eigenvalue weighted by Gasteiger charge is -2.09.